The number of carbonyl (C=O) groups is 1. The van der Waals surface area contributed by atoms with Gasteiger partial charge in [0.05, 0.1) is 17.3 Å². The Morgan fingerprint density at radius 3 is 2.24 bits per heavy atom. The van der Waals surface area contributed by atoms with E-state index in [0.29, 0.717) is 0 Å². The van der Waals surface area contributed by atoms with Gasteiger partial charge >= 0.3 is 17.8 Å². The van der Waals surface area contributed by atoms with Crippen LogP contribution in [0.25, 0.3) is 5.69 Å². The van der Waals surface area contributed by atoms with Crippen molar-refractivity contribution < 1.29 is 41.3 Å². The van der Waals surface area contributed by atoms with Crippen LogP contribution in [0.3, 0.4) is 0 Å². The molecular formula is C23H19BrF4N2O7. The lowest BCUT2D eigenvalue weighted by molar-refractivity contribution is -0.170. The Labute approximate surface area is 214 Å². The summed E-state index contributed by atoms with van der Waals surface area (Å²) in [7, 11) is 3.16. The molecule has 0 N–H and O–H groups in total. The Kier molecular flexibility index (Phi) is 8.12. The summed E-state index contributed by atoms with van der Waals surface area (Å²) in [5, 5.41) is 0. The topological polar surface area (TPSA) is 98.0 Å². The molecule has 0 saturated heterocycles. The second kappa shape index (κ2) is 10.8. The Bertz CT molecular complexity index is 1430. The van der Waals surface area contributed by atoms with Crippen LogP contribution in [0.15, 0.2) is 50.5 Å². The second-order valence-electron chi connectivity index (χ2n) is 7.44. The minimum atomic E-state index is -4.99. The van der Waals surface area contributed by atoms with Crippen molar-refractivity contribution in [3.05, 3.63) is 78.8 Å². The van der Waals surface area contributed by atoms with E-state index >= 15 is 0 Å². The average molecular weight is 591 g/mol. The van der Waals surface area contributed by atoms with Crippen LogP contribution in [0.1, 0.15) is 11.3 Å². The van der Waals surface area contributed by atoms with Crippen LogP contribution in [-0.2, 0) is 27.5 Å². The number of rotatable bonds is 7. The highest BCUT2D eigenvalue weighted by Crippen LogP contribution is 2.37. The molecule has 0 spiro atoms. The van der Waals surface area contributed by atoms with Crippen LogP contribution in [0.2, 0.25) is 0 Å². The van der Waals surface area contributed by atoms with Crippen LogP contribution in [0, 0.1) is 12.7 Å². The van der Waals surface area contributed by atoms with Gasteiger partial charge < -0.3 is 18.9 Å². The number of para-hydroxylation sites is 2. The van der Waals surface area contributed by atoms with E-state index in [9.17, 15) is 31.9 Å². The average Bonchev–Trinajstić information content (AvgIpc) is 2.83. The van der Waals surface area contributed by atoms with E-state index in [-0.39, 0.29) is 30.9 Å². The van der Waals surface area contributed by atoms with Gasteiger partial charge in [0.1, 0.15) is 17.3 Å². The third-order valence-corrected chi connectivity index (χ3v) is 5.73. The third-order valence-electron chi connectivity index (χ3n) is 5.11. The van der Waals surface area contributed by atoms with Crippen molar-refractivity contribution in [1.82, 2.24) is 9.13 Å². The van der Waals surface area contributed by atoms with Gasteiger partial charge in [-0.05, 0) is 41.1 Å². The first-order valence-corrected chi connectivity index (χ1v) is 11.0. The van der Waals surface area contributed by atoms with Gasteiger partial charge in [-0.15, -0.1) is 0 Å². The molecule has 1 atom stereocenters. The number of carbonyl (C=O) groups excluding carboxylic acids is 1. The molecule has 1 heterocycles. The predicted octanol–water partition coefficient (Wildman–Crippen LogP) is 4.08. The molecule has 0 amide bonds. The van der Waals surface area contributed by atoms with Gasteiger partial charge in [-0.1, -0.05) is 12.1 Å². The summed E-state index contributed by atoms with van der Waals surface area (Å²) in [5.74, 6) is -2.04. The number of esters is 1. The normalized spacial score (nSPS) is 12.2. The van der Waals surface area contributed by atoms with Crippen LogP contribution in [0.4, 0.5) is 17.6 Å². The first-order valence-electron chi connectivity index (χ1n) is 10.2. The van der Waals surface area contributed by atoms with Crippen LogP contribution in [-0.4, -0.2) is 35.6 Å². The van der Waals surface area contributed by atoms with Crippen molar-refractivity contribution in [3.63, 3.8) is 0 Å². The summed E-state index contributed by atoms with van der Waals surface area (Å²) in [6.45, 7) is 0.885. The molecule has 0 aliphatic carbocycles. The minimum absolute atomic E-state index is 0.00978. The lowest BCUT2D eigenvalue weighted by Crippen LogP contribution is -2.43. The number of hydrogen-bond donors (Lipinski definition) is 0. The van der Waals surface area contributed by atoms with E-state index in [1.807, 2.05) is 0 Å². The lowest BCUT2D eigenvalue weighted by atomic mass is 10.2. The zero-order valence-electron chi connectivity index (χ0n) is 19.7. The van der Waals surface area contributed by atoms with E-state index in [4.69, 9.17) is 14.2 Å². The van der Waals surface area contributed by atoms with Crippen molar-refractivity contribution in [1.29, 1.82) is 0 Å². The molecule has 0 bridgehead atoms. The Morgan fingerprint density at radius 1 is 1.05 bits per heavy atom. The number of hydrogen-bond acceptors (Lipinski definition) is 7. The maximum absolute atomic E-state index is 14.9. The third kappa shape index (κ3) is 5.54. The molecule has 37 heavy (non-hydrogen) atoms. The van der Waals surface area contributed by atoms with Crippen molar-refractivity contribution >= 4 is 21.9 Å². The van der Waals surface area contributed by atoms with Gasteiger partial charge in [-0.25, -0.2) is 18.5 Å². The summed E-state index contributed by atoms with van der Waals surface area (Å²) in [4.78, 5) is 37.3. The first kappa shape index (κ1) is 27.9. The molecule has 0 aliphatic heterocycles. The van der Waals surface area contributed by atoms with Gasteiger partial charge in [0.15, 0.2) is 11.5 Å². The monoisotopic (exact) mass is 590 g/mol. The number of halogens is 5. The van der Waals surface area contributed by atoms with Gasteiger partial charge in [0, 0.05) is 25.8 Å². The number of aromatic nitrogens is 2. The lowest BCUT2D eigenvalue weighted by Gasteiger charge is -2.19. The summed E-state index contributed by atoms with van der Waals surface area (Å²) < 4.78 is 76.5. The van der Waals surface area contributed by atoms with Gasteiger partial charge in [-0.2, -0.15) is 13.2 Å². The summed E-state index contributed by atoms with van der Waals surface area (Å²) in [6.07, 6.45) is -6.43. The summed E-state index contributed by atoms with van der Waals surface area (Å²) in [5.41, 5.74) is -5.67. The van der Waals surface area contributed by atoms with Gasteiger partial charge in [-0.3, -0.25) is 9.36 Å². The standard InChI is InChI=1S/C23H19BrF4N2O7/c1-11-18(23(26,27)28)29(2)22(33)30(19(11)31)14-10-17(12(24)9-13(14)25)36-15-7-5-6-8-16(15)37-21(35-4)20(32)34-3/h5-10,21H,1-4H3. The largest absolute Gasteiger partial charge is 0.464 e. The van der Waals surface area contributed by atoms with E-state index in [0.717, 1.165) is 33.2 Å². The quantitative estimate of drug-likeness (QED) is 0.232. The molecule has 1 aromatic heterocycles. The number of nitrogens with zero attached hydrogens (tertiary/aromatic N) is 2. The van der Waals surface area contributed by atoms with E-state index in [1.54, 1.807) is 12.1 Å². The van der Waals surface area contributed by atoms with Crippen molar-refractivity contribution in [2.24, 2.45) is 7.05 Å². The molecule has 1 unspecified atom stereocenters. The Balaban J connectivity index is 2.14. The minimum Gasteiger partial charge on any atom is -0.464 e. The van der Waals surface area contributed by atoms with E-state index < -0.39 is 52.4 Å². The van der Waals surface area contributed by atoms with Crippen molar-refractivity contribution in [2.75, 3.05) is 14.2 Å². The number of benzene rings is 2. The predicted molar refractivity (Wildman–Crippen MR) is 125 cm³/mol. The molecule has 198 valence electrons. The molecule has 0 radical (unpaired) electrons. The zero-order valence-corrected chi connectivity index (χ0v) is 21.3. The highest BCUT2D eigenvalue weighted by Gasteiger charge is 2.38. The van der Waals surface area contributed by atoms with E-state index in [1.165, 1.54) is 19.2 Å². The van der Waals surface area contributed by atoms with Crippen molar-refractivity contribution in [2.45, 2.75) is 19.4 Å². The van der Waals surface area contributed by atoms with Crippen LogP contribution < -0.4 is 20.7 Å². The smallest absolute Gasteiger partial charge is 0.432 e. The van der Waals surface area contributed by atoms with Crippen LogP contribution in [0.5, 0.6) is 17.2 Å². The molecule has 3 rings (SSSR count). The molecule has 14 heteroatoms. The van der Waals surface area contributed by atoms with Crippen molar-refractivity contribution in [3.8, 4) is 22.9 Å². The van der Waals surface area contributed by atoms with Crippen LogP contribution >= 0.6 is 15.9 Å². The second-order valence-corrected chi connectivity index (χ2v) is 8.30. The van der Waals surface area contributed by atoms with E-state index in [2.05, 4.69) is 20.7 Å². The fourth-order valence-electron chi connectivity index (χ4n) is 3.39. The van der Waals surface area contributed by atoms with Gasteiger partial charge in [0.25, 0.3) is 11.8 Å². The maximum atomic E-state index is 14.9. The Morgan fingerprint density at radius 2 is 1.68 bits per heavy atom. The molecule has 9 nitrogen and oxygen atoms in total. The molecular weight excluding hydrogens is 572 g/mol. The number of alkyl halides is 3. The maximum Gasteiger partial charge on any atom is 0.432 e. The summed E-state index contributed by atoms with van der Waals surface area (Å²) >= 11 is 3.11. The molecule has 3 aromatic rings. The fourth-order valence-corrected chi connectivity index (χ4v) is 3.79. The Hall–Kier alpha value is -3.65. The molecule has 0 fully saturated rings. The molecule has 0 aliphatic rings. The zero-order chi connectivity index (χ0) is 27.7. The SMILES string of the molecule is COC(=O)C(OC)Oc1ccccc1Oc1cc(-n2c(=O)c(C)c(C(F)(F)F)n(C)c2=O)c(F)cc1Br. The van der Waals surface area contributed by atoms with Gasteiger partial charge in [0.2, 0.25) is 0 Å². The highest BCUT2D eigenvalue weighted by atomic mass is 79.9. The number of ether oxygens (including phenoxy) is 4. The number of methoxy groups -OCH3 is 2. The summed E-state index contributed by atoms with van der Waals surface area (Å²) in [6, 6.07) is 7.81. The first-order chi connectivity index (χ1) is 17.3. The fraction of sp³-hybridized carbons (Fsp3) is 0.261. The molecule has 2 aromatic carbocycles. The highest BCUT2D eigenvalue weighted by molar-refractivity contribution is 9.10. The molecule has 0 saturated carbocycles.